The first-order valence-corrected chi connectivity index (χ1v) is 5.08. The van der Waals surface area contributed by atoms with E-state index in [0.29, 0.717) is 5.69 Å². The van der Waals surface area contributed by atoms with Gasteiger partial charge in [-0.1, -0.05) is 12.1 Å². The van der Waals surface area contributed by atoms with E-state index in [1.165, 1.54) is 0 Å². The molecule has 0 aliphatic rings. The Morgan fingerprint density at radius 2 is 2.35 bits per heavy atom. The minimum atomic E-state index is -0.389. The molecule has 3 N–H and O–H groups in total. The second-order valence-corrected chi connectivity index (χ2v) is 3.42. The van der Waals surface area contributed by atoms with Gasteiger partial charge in [0.25, 0.3) is 11.7 Å². The van der Waals surface area contributed by atoms with Crippen molar-refractivity contribution < 1.29 is 4.79 Å². The van der Waals surface area contributed by atoms with Crippen molar-refractivity contribution in [3.05, 3.63) is 35.7 Å². The first kappa shape index (κ1) is 11.2. The normalized spacial score (nSPS) is 10.2. The van der Waals surface area contributed by atoms with Crippen molar-refractivity contribution in [2.24, 2.45) is 0 Å². The zero-order chi connectivity index (χ0) is 12.1. The monoisotopic (exact) mass is 232 g/mol. The topological polar surface area (TPSA) is 95.6 Å². The summed E-state index contributed by atoms with van der Waals surface area (Å²) in [6.45, 7) is 0.742. The highest BCUT2D eigenvalue weighted by Crippen LogP contribution is 2.11. The zero-order valence-corrected chi connectivity index (χ0v) is 9.27. The molecule has 88 valence electrons. The summed E-state index contributed by atoms with van der Waals surface area (Å²) in [6, 6.07) is 7.53. The lowest BCUT2D eigenvalue weighted by Gasteiger charge is -2.05. The lowest BCUT2D eigenvalue weighted by Crippen LogP contribution is -2.14. The van der Waals surface area contributed by atoms with Gasteiger partial charge in [-0.05, 0) is 30.0 Å². The fourth-order valence-corrected chi connectivity index (χ4v) is 1.41. The van der Waals surface area contributed by atoms with Gasteiger partial charge in [-0.2, -0.15) is 5.21 Å². The highest BCUT2D eigenvalue weighted by atomic mass is 16.2. The van der Waals surface area contributed by atoms with Crippen LogP contribution in [0.1, 0.15) is 16.2 Å². The number of anilines is 1. The van der Waals surface area contributed by atoms with E-state index in [0.717, 1.165) is 12.1 Å². The molecule has 7 heteroatoms. The van der Waals surface area contributed by atoms with Crippen LogP contribution in [0.3, 0.4) is 0 Å². The van der Waals surface area contributed by atoms with E-state index in [9.17, 15) is 4.79 Å². The van der Waals surface area contributed by atoms with E-state index < -0.39 is 0 Å². The summed E-state index contributed by atoms with van der Waals surface area (Å²) < 4.78 is 0. The third-order valence-electron chi connectivity index (χ3n) is 2.11. The molecule has 0 radical (unpaired) electrons. The smallest absolute Gasteiger partial charge is 0.297 e. The third kappa shape index (κ3) is 2.85. The maximum atomic E-state index is 11.6. The number of carbonyl (C=O) groups is 1. The minimum absolute atomic E-state index is 0.0176. The molecule has 0 unspecified atom stereocenters. The Hall–Kier alpha value is -2.28. The Bertz CT molecular complexity index is 495. The second kappa shape index (κ2) is 5.17. The van der Waals surface area contributed by atoms with Gasteiger partial charge in [-0.15, -0.1) is 10.2 Å². The molecule has 0 bridgehead atoms. The quantitative estimate of drug-likeness (QED) is 0.698. The van der Waals surface area contributed by atoms with Gasteiger partial charge in [0.05, 0.1) is 0 Å². The van der Waals surface area contributed by atoms with Gasteiger partial charge in [-0.3, -0.25) is 4.79 Å². The summed E-state index contributed by atoms with van der Waals surface area (Å²) in [4.78, 5) is 11.6. The van der Waals surface area contributed by atoms with Gasteiger partial charge in [-0.25, -0.2) is 0 Å². The molecule has 0 aliphatic carbocycles. The van der Waals surface area contributed by atoms with E-state index in [4.69, 9.17) is 0 Å². The molecule has 0 atom stereocenters. The van der Waals surface area contributed by atoms with Gasteiger partial charge >= 0.3 is 0 Å². The van der Waals surface area contributed by atoms with Crippen molar-refractivity contribution in [1.29, 1.82) is 0 Å². The predicted molar refractivity (Wildman–Crippen MR) is 61.3 cm³/mol. The fourth-order valence-electron chi connectivity index (χ4n) is 1.41. The first-order chi connectivity index (χ1) is 8.29. The number of nitrogens with one attached hydrogen (secondary N) is 3. The number of hydrogen-bond donors (Lipinski definition) is 3. The fraction of sp³-hybridized carbons (Fsp3) is 0.200. The van der Waals surface area contributed by atoms with Crippen molar-refractivity contribution in [2.75, 3.05) is 12.4 Å². The van der Waals surface area contributed by atoms with Crippen LogP contribution in [0.15, 0.2) is 24.3 Å². The Labute approximate surface area is 97.6 Å². The Morgan fingerprint density at radius 3 is 3.06 bits per heavy atom. The summed E-state index contributed by atoms with van der Waals surface area (Å²) in [5.74, 6) is -0.371. The number of benzene rings is 1. The number of H-pyrrole nitrogens is 1. The number of aromatic amines is 1. The van der Waals surface area contributed by atoms with Gasteiger partial charge in [0.15, 0.2) is 0 Å². The largest absolute Gasteiger partial charge is 0.319 e. The summed E-state index contributed by atoms with van der Waals surface area (Å²) in [5.41, 5.74) is 1.78. The Morgan fingerprint density at radius 1 is 1.47 bits per heavy atom. The van der Waals surface area contributed by atoms with E-state index in [-0.39, 0.29) is 11.7 Å². The standard InChI is InChI=1S/C10H12N6O/c1-11-6-7-3-2-4-8(5-7)12-10(17)9-13-15-16-14-9/h2-5,11H,6H2,1H3,(H,12,17)(H,13,14,15,16). The van der Waals surface area contributed by atoms with Crippen molar-refractivity contribution in [1.82, 2.24) is 25.9 Å². The minimum Gasteiger partial charge on any atom is -0.319 e. The highest BCUT2D eigenvalue weighted by molar-refractivity contribution is 6.01. The number of tetrazole rings is 1. The van der Waals surface area contributed by atoms with Crippen LogP contribution >= 0.6 is 0 Å². The van der Waals surface area contributed by atoms with Gasteiger partial charge in [0.2, 0.25) is 0 Å². The molecule has 1 amide bonds. The lowest BCUT2D eigenvalue weighted by atomic mass is 10.2. The molecule has 2 aromatic rings. The van der Waals surface area contributed by atoms with Gasteiger partial charge in [0.1, 0.15) is 0 Å². The third-order valence-corrected chi connectivity index (χ3v) is 2.11. The molecule has 0 spiro atoms. The van der Waals surface area contributed by atoms with Crippen LogP contribution in [0.25, 0.3) is 0 Å². The number of nitrogens with zero attached hydrogens (tertiary/aromatic N) is 3. The summed E-state index contributed by atoms with van der Waals surface area (Å²) in [5, 5.41) is 18.5. The number of aromatic nitrogens is 4. The van der Waals surface area contributed by atoms with Crippen LogP contribution in [0, 0.1) is 0 Å². The summed E-state index contributed by atoms with van der Waals surface area (Å²) >= 11 is 0. The van der Waals surface area contributed by atoms with Gasteiger partial charge < -0.3 is 10.6 Å². The lowest BCUT2D eigenvalue weighted by molar-refractivity contribution is 0.101. The van der Waals surface area contributed by atoms with Crippen LogP contribution in [-0.4, -0.2) is 33.6 Å². The van der Waals surface area contributed by atoms with Crippen LogP contribution in [0.5, 0.6) is 0 Å². The summed E-state index contributed by atoms with van der Waals surface area (Å²) in [6.07, 6.45) is 0. The average molecular weight is 232 g/mol. The summed E-state index contributed by atoms with van der Waals surface area (Å²) in [7, 11) is 1.87. The number of rotatable bonds is 4. The van der Waals surface area contributed by atoms with Crippen LogP contribution in [-0.2, 0) is 6.54 Å². The molecule has 1 heterocycles. The van der Waals surface area contributed by atoms with Crippen LogP contribution < -0.4 is 10.6 Å². The van der Waals surface area contributed by atoms with Gasteiger partial charge in [0, 0.05) is 12.2 Å². The molecule has 2 rings (SSSR count). The SMILES string of the molecule is CNCc1cccc(NC(=O)c2nn[nH]n2)c1. The number of hydrogen-bond acceptors (Lipinski definition) is 5. The molecule has 1 aromatic heterocycles. The first-order valence-electron chi connectivity index (χ1n) is 5.08. The van der Waals surface area contributed by atoms with E-state index >= 15 is 0 Å². The van der Waals surface area contributed by atoms with E-state index in [1.54, 1.807) is 6.07 Å². The average Bonchev–Trinajstić information content (AvgIpc) is 2.83. The Kier molecular flexibility index (Phi) is 3.41. The second-order valence-electron chi connectivity index (χ2n) is 3.42. The van der Waals surface area contributed by atoms with Crippen LogP contribution in [0.2, 0.25) is 0 Å². The van der Waals surface area contributed by atoms with Crippen molar-refractivity contribution in [2.45, 2.75) is 6.54 Å². The maximum absolute atomic E-state index is 11.6. The highest BCUT2D eigenvalue weighted by Gasteiger charge is 2.10. The number of amides is 1. The van der Waals surface area contributed by atoms with E-state index in [1.807, 2.05) is 25.2 Å². The molecule has 0 aliphatic heterocycles. The number of carbonyl (C=O) groups excluding carboxylic acids is 1. The van der Waals surface area contributed by atoms with Crippen molar-refractivity contribution in [3.63, 3.8) is 0 Å². The molecule has 0 saturated heterocycles. The predicted octanol–water partition coefficient (Wildman–Crippen LogP) is 0.171. The van der Waals surface area contributed by atoms with Crippen molar-refractivity contribution in [3.8, 4) is 0 Å². The van der Waals surface area contributed by atoms with E-state index in [2.05, 4.69) is 31.3 Å². The molecule has 0 fully saturated rings. The maximum Gasteiger partial charge on any atom is 0.297 e. The molecular formula is C10H12N6O. The molecule has 1 aromatic carbocycles. The van der Waals surface area contributed by atoms with Crippen LogP contribution in [0.4, 0.5) is 5.69 Å². The molecular weight excluding hydrogens is 220 g/mol. The molecule has 7 nitrogen and oxygen atoms in total. The van der Waals surface area contributed by atoms with Crippen molar-refractivity contribution >= 4 is 11.6 Å². The zero-order valence-electron chi connectivity index (χ0n) is 9.27. The molecule has 17 heavy (non-hydrogen) atoms. The molecule has 0 saturated carbocycles. The Balaban J connectivity index is 2.08.